The van der Waals surface area contributed by atoms with Crippen molar-refractivity contribution in [3.05, 3.63) is 95.6 Å². The van der Waals surface area contributed by atoms with Crippen LogP contribution in [0.3, 0.4) is 0 Å². The molecule has 1 aromatic heterocycles. The summed E-state index contributed by atoms with van der Waals surface area (Å²) < 4.78 is 39.4. The van der Waals surface area contributed by atoms with Crippen molar-refractivity contribution < 1.29 is 18.0 Å². The highest BCUT2D eigenvalue weighted by Gasteiger charge is 2.09. The molecule has 1 N–H and O–H groups in total. The lowest BCUT2D eigenvalue weighted by atomic mass is 10.0. The van der Waals surface area contributed by atoms with Crippen molar-refractivity contribution in [1.29, 1.82) is 0 Å². The summed E-state index contributed by atoms with van der Waals surface area (Å²) in [6.07, 6.45) is 4.01. The van der Waals surface area contributed by atoms with E-state index in [0.29, 0.717) is 0 Å². The van der Waals surface area contributed by atoms with Crippen molar-refractivity contribution in [2.45, 2.75) is 13.0 Å². The molecule has 142 valence electrons. The van der Waals surface area contributed by atoms with Crippen LogP contribution in [-0.2, 0) is 4.79 Å². The van der Waals surface area contributed by atoms with E-state index in [-0.39, 0.29) is 11.6 Å². The Morgan fingerprint density at radius 3 is 2.43 bits per heavy atom. The molecule has 1 amide bonds. The summed E-state index contributed by atoms with van der Waals surface area (Å²) in [5.74, 6) is -2.36. The van der Waals surface area contributed by atoms with Gasteiger partial charge in [0.25, 0.3) is 0 Å². The van der Waals surface area contributed by atoms with Crippen LogP contribution in [0.1, 0.15) is 24.1 Å². The second kappa shape index (κ2) is 8.52. The first-order chi connectivity index (χ1) is 13.4. The normalized spacial score (nSPS) is 12.1. The molecule has 0 fully saturated rings. The van der Waals surface area contributed by atoms with Gasteiger partial charge >= 0.3 is 0 Å². The molecule has 3 rings (SSSR count). The topological polar surface area (TPSA) is 42.0 Å². The molecular weight excluding hydrogens is 365 g/mol. The van der Waals surface area contributed by atoms with Gasteiger partial charge in [-0.15, -0.1) is 0 Å². The van der Waals surface area contributed by atoms with E-state index in [2.05, 4.69) is 10.3 Å². The van der Waals surface area contributed by atoms with Gasteiger partial charge in [0, 0.05) is 23.9 Å². The average Bonchev–Trinajstić information content (AvgIpc) is 2.66. The van der Waals surface area contributed by atoms with Gasteiger partial charge in [0.1, 0.15) is 11.6 Å². The van der Waals surface area contributed by atoms with Gasteiger partial charge in [-0.05, 0) is 60.0 Å². The zero-order valence-electron chi connectivity index (χ0n) is 15.0. The van der Waals surface area contributed by atoms with Gasteiger partial charge < -0.3 is 5.32 Å². The Labute approximate surface area is 160 Å². The Hall–Kier alpha value is -3.41. The van der Waals surface area contributed by atoms with Crippen LogP contribution in [-0.4, -0.2) is 10.9 Å². The molecule has 0 saturated carbocycles. The lowest BCUT2D eigenvalue weighted by molar-refractivity contribution is -0.117. The SMILES string of the molecule is C[C@H](NC(=O)C=Cc1cc(F)cc(F)c1)c1cccc(-c2ccc(F)nc2)c1. The lowest BCUT2D eigenvalue weighted by Gasteiger charge is -2.14. The largest absolute Gasteiger partial charge is 0.346 e. The van der Waals surface area contributed by atoms with Crippen LogP contribution < -0.4 is 5.32 Å². The van der Waals surface area contributed by atoms with Crippen LogP contribution in [0.15, 0.2) is 66.9 Å². The molecule has 28 heavy (non-hydrogen) atoms. The maximum absolute atomic E-state index is 13.2. The molecule has 3 nitrogen and oxygen atoms in total. The van der Waals surface area contributed by atoms with E-state index in [9.17, 15) is 18.0 Å². The summed E-state index contributed by atoms with van der Waals surface area (Å²) in [7, 11) is 0. The first-order valence-corrected chi connectivity index (χ1v) is 8.57. The molecule has 0 saturated heterocycles. The number of amides is 1. The van der Waals surface area contributed by atoms with E-state index < -0.39 is 23.5 Å². The van der Waals surface area contributed by atoms with Gasteiger partial charge in [-0.1, -0.05) is 18.2 Å². The quantitative estimate of drug-likeness (QED) is 0.495. The number of hydrogen-bond donors (Lipinski definition) is 1. The smallest absolute Gasteiger partial charge is 0.244 e. The molecule has 0 aliphatic heterocycles. The highest BCUT2D eigenvalue weighted by Crippen LogP contribution is 2.23. The summed E-state index contributed by atoms with van der Waals surface area (Å²) in [5, 5.41) is 2.79. The van der Waals surface area contributed by atoms with E-state index in [4.69, 9.17) is 0 Å². The van der Waals surface area contributed by atoms with Crippen LogP contribution in [0.2, 0.25) is 0 Å². The number of benzene rings is 2. The number of carbonyl (C=O) groups is 1. The summed E-state index contributed by atoms with van der Waals surface area (Å²) in [6, 6.07) is 13.1. The Balaban J connectivity index is 1.69. The minimum atomic E-state index is -0.708. The fraction of sp³-hybridized carbons (Fsp3) is 0.0909. The van der Waals surface area contributed by atoms with Gasteiger partial charge in [0.2, 0.25) is 11.9 Å². The monoisotopic (exact) mass is 382 g/mol. The minimum Gasteiger partial charge on any atom is -0.346 e. The Morgan fingerprint density at radius 2 is 1.75 bits per heavy atom. The van der Waals surface area contributed by atoms with Crippen molar-refractivity contribution in [1.82, 2.24) is 10.3 Å². The fourth-order valence-electron chi connectivity index (χ4n) is 2.72. The molecule has 3 aromatic rings. The standard InChI is InChI=1S/C22H17F3N2O/c1-14(27-22(28)8-5-15-9-19(23)12-20(24)10-15)16-3-2-4-17(11-16)18-6-7-21(25)26-13-18/h2-14H,1H3,(H,27,28)/t14-/m0/s1. The number of aromatic nitrogens is 1. The molecule has 1 heterocycles. The summed E-state index contributed by atoms with van der Waals surface area (Å²) in [5.41, 5.74) is 2.71. The Kier molecular flexibility index (Phi) is 5.89. The van der Waals surface area contributed by atoms with Crippen molar-refractivity contribution in [2.75, 3.05) is 0 Å². The molecule has 0 aliphatic carbocycles. The van der Waals surface area contributed by atoms with Gasteiger partial charge in [-0.2, -0.15) is 4.39 Å². The number of hydrogen-bond acceptors (Lipinski definition) is 2. The molecular formula is C22H17F3N2O. The van der Waals surface area contributed by atoms with Crippen molar-refractivity contribution in [2.24, 2.45) is 0 Å². The number of nitrogens with one attached hydrogen (secondary N) is 1. The molecule has 0 radical (unpaired) electrons. The van der Waals surface area contributed by atoms with Crippen molar-refractivity contribution >= 4 is 12.0 Å². The van der Waals surface area contributed by atoms with E-state index >= 15 is 0 Å². The highest BCUT2D eigenvalue weighted by atomic mass is 19.1. The molecule has 0 unspecified atom stereocenters. The second-order valence-corrected chi connectivity index (χ2v) is 6.26. The number of rotatable bonds is 5. The maximum atomic E-state index is 13.2. The molecule has 0 bridgehead atoms. The average molecular weight is 382 g/mol. The molecule has 1 atom stereocenters. The van der Waals surface area contributed by atoms with Gasteiger partial charge in [0.05, 0.1) is 6.04 Å². The van der Waals surface area contributed by atoms with E-state index in [1.807, 2.05) is 31.2 Å². The molecule has 6 heteroatoms. The third kappa shape index (κ3) is 5.07. The summed E-state index contributed by atoms with van der Waals surface area (Å²) in [4.78, 5) is 15.8. The number of nitrogens with zero attached hydrogens (tertiary/aromatic N) is 1. The predicted molar refractivity (Wildman–Crippen MR) is 102 cm³/mol. The summed E-state index contributed by atoms with van der Waals surface area (Å²) >= 11 is 0. The van der Waals surface area contributed by atoms with Gasteiger partial charge in [-0.25, -0.2) is 13.8 Å². The summed E-state index contributed by atoms with van der Waals surface area (Å²) in [6.45, 7) is 1.82. The highest BCUT2D eigenvalue weighted by molar-refractivity contribution is 5.92. The van der Waals surface area contributed by atoms with E-state index in [0.717, 1.165) is 34.9 Å². The third-order valence-corrected chi connectivity index (χ3v) is 4.12. The Morgan fingerprint density at radius 1 is 1.00 bits per heavy atom. The van der Waals surface area contributed by atoms with Crippen LogP contribution in [0, 0.1) is 17.6 Å². The van der Waals surface area contributed by atoms with Gasteiger partial charge in [-0.3, -0.25) is 4.79 Å². The second-order valence-electron chi connectivity index (χ2n) is 6.26. The Bertz CT molecular complexity index is 996. The number of halogens is 3. The van der Waals surface area contributed by atoms with Gasteiger partial charge in [0.15, 0.2) is 0 Å². The van der Waals surface area contributed by atoms with Crippen LogP contribution >= 0.6 is 0 Å². The fourth-order valence-corrected chi connectivity index (χ4v) is 2.72. The van der Waals surface area contributed by atoms with Crippen LogP contribution in [0.5, 0.6) is 0 Å². The predicted octanol–water partition coefficient (Wildman–Crippen LogP) is 5.06. The zero-order valence-corrected chi connectivity index (χ0v) is 15.0. The third-order valence-electron chi connectivity index (χ3n) is 4.12. The zero-order chi connectivity index (χ0) is 20.1. The van der Waals surface area contributed by atoms with Crippen molar-refractivity contribution in [3.8, 4) is 11.1 Å². The first-order valence-electron chi connectivity index (χ1n) is 8.57. The van der Waals surface area contributed by atoms with E-state index in [1.54, 1.807) is 6.07 Å². The maximum Gasteiger partial charge on any atom is 0.244 e. The van der Waals surface area contributed by atoms with Crippen molar-refractivity contribution in [3.63, 3.8) is 0 Å². The van der Waals surface area contributed by atoms with Crippen LogP contribution in [0.4, 0.5) is 13.2 Å². The molecule has 2 aromatic carbocycles. The number of carbonyl (C=O) groups excluding carboxylic acids is 1. The molecule has 0 aliphatic rings. The first kappa shape index (κ1) is 19.4. The lowest BCUT2D eigenvalue weighted by Crippen LogP contribution is -2.24. The molecule has 0 spiro atoms. The minimum absolute atomic E-state index is 0.256. The van der Waals surface area contributed by atoms with Crippen LogP contribution in [0.25, 0.3) is 17.2 Å². The number of pyridine rings is 1. The van der Waals surface area contributed by atoms with E-state index in [1.165, 1.54) is 24.4 Å².